The van der Waals surface area contributed by atoms with Crippen molar-refractivity contribution < 1.29 is 13.9 Å². The Hall–Kier alpha value is -1.91. The van der Waals surface area contributed by atoms with Gasteiger partial charge in [-0.15, -0.1) is 0 Å². The maximum absolute atomic E-state index is 13.7. The lowest BCUT2D eigenvalue weighted by molar-refractivity contribution is 0.00488. The third-order valence-electron chi connectivity index (χ3n) is 2.88. The van der Waals surface area contributed by atoms with Crippen molar-refractivity contribution in [3.63, 3.8) is 0 Å². The van der Waals surface area contributed by atoms with Gasteiger partial charge >= 0.3 is 0 Å². The first-order chi connectivity index (χ1) is 9.66. The molecule has 0 aromatic heterocycles. The van der Waals surface area contributed by atoms with Gasteiger partial charge in [-0.3, -0.25) is 0 Å². The van der Waals surface area contributed by atoms with Gasteiger partial charge in [-0.2, -0.15) is 0 Å². The molecule has 2 N–H and O–H groups in total. The molecule has 0 spiro atoms. The summed E-state index contributed by atoms with van der Waals surface area (Å²) in [6.07, 6.45) is 0. The molecule has 20 heavy (non-hydrogen) atoms. The summed E-state index contributed by atoms with van der Waals surface area (Å²) in [5.41, 5.74) is 7.18. The zero-order valence-electron chi connectivity index (χ0n) is 11.4. The molecular weight excluding hydrogens is 257 g/mol. The second-order valence-electron chi connectivity index (χ2n) is 4.57. The monoisotopic (exact) mass is 275 g/mol. The third-order valence-corrected chi connectivity index (χ3v) is 2.88. The van der Waals surface area contributed by atoms with Crippen molar-refractivity contribution >= 4 is 0 Å². The summed E-state index contributed by atoms with van der Waals surface area (Å²) in [7, 11) is 0. The van der Waals surface area contributed by atoms with E-state index < -0.39 is 0 Å². The fourth-order valence-electron chi connectivity index (χ4n) is 1.81. The topological polar surface area (TPSA) is 44.5 Å². The number of hydrogen-bond acceptors (Lipinski definition) is 3. The van der Waals surface area contributed by atoms with Crippen molar-refractivity contribution in [3.05, 3.63) is 65.5 Å². The van der Waals surface area contributed by atoms with Crippen LogP contribution < -0.4 is 10.5 Å². The Labute approximate surface area is 118 Å². The standard InChI is InChI=1S/C16H18FNO2/c1-12(18)15-8-7-14(9-16(15)17)20-11-19-10-13-5-3-2-4-6-13/h2-9,12H,10-11,18H2,1H3/t12-/m0/s1. The van der Waals surface area contributed by atoms with E-state index in [2.05, 4.69) is 0 Å². The number of ether oxygens (including phenoxy) is 2. The predicted octanol–water partition coefficient (Wildman–Crippen LogP) is 3.40. The van der Waals surface area contributed by atoms with Crippen LogP contribution in [0.2, 0.25) is 0 Å². The van der Waals surface area contributed by atoms with E-state index in [1.165, 1.54) is 6.07 Å². The molecule has 0 bridgehead atoms. The van der Waals surface area contributed by atoms with E-state index in [0.717, 1.165) is 5.56 Å². The molecule has 0 saturated carbocycles. The number of halogens is 1. The first-order valence-electron chi connectivity index (χ1n) is 6.46. The van der Waals surface area contributed by atoms with Crippen LogP contribution in [-0.4, -0.2) is 6.79 Å². The van der Waals surface area contributed by atoms with Crippen LogP contribution in [0.1, 0.15) is 24.1 Å². The maximum Gasteiger partial charge on any atom is 0.189 e. The number of benzene rings is 2. The Morgan fingerprint density at radius 1 is 1.15 bits per heavy atom. The van der Waals surface area contributed by atoms with Crippen LogP contribution in [0.3, 0.4) is 0 Å². The summed E-state index contributed by atoms with van der Waals surface area (Å²) in [6, 6.07) is 14.1. The molecule has 0 radical (unpaired) electrons. The van der Waals surface area contributed by atoms with Gasteiger partial charge in [-0.1, -0.05) is 36.4 Å². The summed E-state index contributed by atoms with van der Waals surface area (Å²) in [5, 5.41) is 0. The van der Waals surface area contributed by atoms with E-state index in [1.54, 1.807) is 19.1 Å². The van der Waals surface area contributed by atoms with Gasteiger partial charge in [0.1, 0.15) is 11.6 Å². The molecular formula is C16H18FNO2. The Bertz CT molecular complexity index is 543. The summed E-state index contributed by atoms with van der Waals surface area (Å²) in [5.74, 6) is 0.0699. The van der Waals surface area contributed by atoms with Gasteiger partial charge in [0.15, 0.2) is 6.79 Å². The molecule has 2 aromatic rings. The Balaban J connectivity index is 1.81. The average Bonchev–Trinajstić information content (AvgIpc) is 2.44. The van der Waals surface area contributed by atoms with E-state index in [4.69, 9.17) is 15.2 Å². The minimum atomic E-state index is -0.361. The largest absolute Gasteiger partial charge is 0.467 e. The Morgan fingerprint density at radius 2 is 1.90 bits per heavy atom. The predicted molar refractivity (Wildman–Crippen MR) is 75.7 cm³/mol. The van der Waals surface area contributed by atoms with Gasteiger partial charge in [0, 0.05) is 17.7 Å². The fourth-order valence-corrected chi connectivity index (χ4v) is 1.81. The molecule has 2 rings (SSSR count). The van der Waals surface area contributed by atoms with Gasteiger partial charge in [-0.25, -0.2) is 4.39 Å². The van der Waals surface area contributed by atoms with Crippen LogP contribution in [0.25, 0.3) is 0 Å². The normalized spacial score (nSPS) is 12.2. The first-order valence-corrected chi connectivity index (χ1v) is 6.46. The van der Waals surface area contributed by atoms with Crippen molar-refractivity contribution in [1.29, 1.82) is 0 Å². The molecule has 1 atom stereocenters. The summed E-state index contributed by atoms with van der Waals surface area (Å²) in [4.78, 5) is 0. The highest BCUT2D eigenvalue weighted by atomic mass is 19.1. The summed E-state index contributed by atoms with van der Waals surface area (Å²) in [6.45, 7) is 2.27. The van der Waals surface area contributed by atoms with E-state index in [1.807, 2.05) is 30.3 Å². The van der Waals surface area contributed by atoms with E-state index >= 15 is 0 Å². The Kier molecular flexibility index (Phi) is 5.09. The van der Waals surface area contributed by atoms with Crippen LogP contribution in [0.5, 0.6) is 5.75 Å². The molecule has 0 unspecified atom stereocenters. The number of rotatable bonds is 6. The highest BCUT2D eigenvalue weighted by Gasteiger charge is 2.07. The first kappa shape index (κ1) is 14.5. The average molecular weight is 275 g/mol. The minimum absolute atomic E-state index is 0.0753. The minimum Gasteiger partial charge on any atom is -0.467 e. The second kappa shape index (κ2) is 7.03. The SMILES string of the molecule is C[C@H](N)c1ccc(OCOCc2ccccc2)cc1F. The van der Waals surface area contributed by atoms with Gasteiger partial charge < -0.3 is 15.2 Å². The van der Waals surface area contributed by atoms with E-state index in [0.29, 0.717) is 17.9 Å². The second-order valence-corrected chi connectivity index (χ2v) is 4.57. The van der Waals surface area contributed by atoms with Crippen LogP contribution in [0.4, 0.5) is 4.39 Å². The third kappa shape index (κ3) is 4.05. The molecule has 0 aliphatic carbocycles. The molecule has 3 nitrogen and oxygen atoms in total. The van der Waals surface area contributed by atoms with Crippen molar-refractivity contribution in [3.8, 4) is 5.75 Å². The van der Waals surface area contributed by atoms with Crippen molar-refractivity contribution in [2.45, 2.75) is 19.6 Å². The van der Waals surface area contributed by atoms with Crippen molar-refractivity contribution in [1.82, 2.24) is 0 Å². The van der Waals surface area contributed by atoms with Crippen LogP contribution >= 0.6 is 0 Å². The molecule has 0 aliphatic rings. The quantitative estimate of drug-likeness (QED) is 0.649. The summed E-state index contributed by atoms with van der Waals surface area (Å²) < 4.78 is 24.4. The molecule has 2 aromatic carbocycles. The van der Waals surface area contributed by atoms with Gasteiger partial charge in [0.2, 0.25) is 0 Å². The van der Waals surface area contributed by atoms with E-state index in [9.17, 15) is 4.39 Å². The van der Waals surface area contributed by atoms with Gasteiger partial charge in [-0.05, 0) is 18.6 Å². The lowest BCUT2D eigenvalue weighted by atomic mass is 10.1. The lowest BCUT2D eigenvalue weighted by Gasteiger charge is -2.10. The lowest BCUT2D eigenvalue weighted by Crippen LogP contribution is -2.08. The molecule has 0 heterocycles. The molecule has 106 valence electrons. The molecule has 0 amide bonds. The number of hydrogen-bond donors (Lipinski definition) is 1. The zero-order valence-corrected chi connectivity index (χ0v) is 11.4. The van der Waals surface area contributed by atoms with E-state index in [-0.39, 0.29) is 18.7 Å². The fraction of sp³-hybridized carbons (Fsp3) is 0.250. The van der Waals surface area contributed by atoms with Crippen molar-refractivity contribution in [2.24, 2.45) is 5.73 Å². The smallest absolute Gasteiger partial charge is 0.189 e. The van der Waals surface area contributed by atoms with Gasteiger partial charge in [0.05, 0.1) is 6.61 Å². The maximum atomic E-state index is 13.7. The summed E-state index contributed by atoms with van der Waals surface area (Å²) >= 11 is 0. The molecule has 0 saturated heterocycles. The van der Waals surface area contributed by atoms with Crippen LogP contribution in [0, 0.1) is 5.82 Å². The molecule has 4 heteroatoms. The van der Waals surface area contributed by atoms with Crippen molar-refractivity contribution in [2.75, 3.05) is 6.79 Å². The molecule has 0 fully saturated rings. The number of nitrogens with two attached hydrogens (primary N) is 1. The highest BCUT2D eigenvalue weighted by molar-refractivity contribution is 5.30. The Morgan fingerprint density at radius 3 is 2.55 bits per heavy atom. The zero-order chi connectivity index (χ0) is 14.4. The van der Waals surface area contributed by atoms with Crippen LogP contribution in [-0.2, 0) is 11.3 Å². The van der Waals surface area contributed by atoms with Gasteiger partial charge in [0.25, 0.3) is 0 Å². The molecule has 0 aliphatic heterocycles. The highest BCUT2D eigenvalue weighted by Crippen LogP contribution is 2.20. The van der Waals surface area contributed by atoms with Crippen LogP contribution in [0.15, 0.2) is 48.5 Å².